The molecule has 7 heteroatoms. The molecule has 90 valence electrons. The van der Waals surface area contributed by atoms with Crippen LogP contribution in [0, 0.1) is 6.92 Å². The zero-order valence-electron chi connectivity index (χ0n) is 8.28. The Balaban J connectivity index is 2.43. The van der Waals surface area contributed by atoms with Gasteiger partial charge in [-0.25, -0.2) is 4.18 Å². The van der Waals surface area contributed by atoms with E-state index in [0.717, 1.165) is 5.56 Å². The lowest BCUT2D eigenvalue weighted by molar-refractivity contribution is -0.152. The number of hydrogen-bond donors (Lipinski definition) is 0. The van der Waals surface area contributed by atoms with Gasteiger partial charge in [0.05, 0.1) is 0 Å². The lowest BCUT2D eigenvalue weighted by Gasteiger charge is -2.07. The highest BCUT2D eigenvalue weighted by atomic mass is 32.2. The second kappa shape index (κ2) is 5.31. The van der Waals surface area contributed by atoms with Crippen LogP contribution in [0.4, 0.5) is 13.2 Å². The van der Waals surface area contributed by atoms with Gasteiger partial charge in [0.1, 0.15) is 5.75 Å². The van der Waals surface area contributed by atoms with Gasteiger partial charge in [-0.15, -0.1) is 0 Å². The molecule has 1 unspecified atom stereocenters. The Labute approximate surface area is 93.0 Å². The molecular formula is C9H9F3O3S. The molecule has 0 radical (unpaired) electrons. The van der Waals surface area contributed by atoms with Crippen molar-refractivity contribution in [1.82, 2.24) is 0 Å². The minimum absolute atomic E-state index is 0.186. The predicted molar refractivity (Wildman–Crippen MR) is 52.0 cm³/mol. The molecule has 0 bridgehead atoms. The second-order valence-corrected chi connectivity index (χ2v) is 3.79. The van der Waals surface area contributed by atoms with Gasteiger partial charge in [-0.2, -0.15) is 17.4 Å². The van der Waals surface area contributed by atoms with Crippen molar-refractivity contribution >= 4 is 11.4 Å². The van der Waals surface area contributed by atoms with Crippen molar-refractivity contribution < 1.29 is 25.7 Å². The molecule has 0 aliphatic rings. The first-order chi connectivity index (χ1) is 7.37. The van der Waals surface area contributed by atoms with Crippen molar-refractivity contribution in [3.63, 3.8) is 0 Å². The van der Waals surface area contributed by atoms with Gasteiger partial charge in [-0.3, -0.25) is 0 Å². The van der Waals surface area contributed by atoms with Crippen LogP contribution in [0.25, 0.3) is 0 Å². The SMILES string of the molecule is Cc1ccc(OS(=O)OCC(F)(F)F)cc1. The fourth-order valence-corrected chi connectivity index (χ4v) is 1.36. The first-order valence-corrected chi connectivity index (χ1v) is 5.23. The fourth-order valence-electron chi connectivity index (χ4n) is 0.811. The van der Waals surface area contributed by atoms with Crippen LogP contribution in [-0.4, -0.2) is 17.0 Å². The molecule has 1 rings (SSSR count). The average molecular weight is 254 g/mol. The molecular weight excluding hydrogens is 245 g/mol. The van der Waals surface area contributed by atoms with Crippen LogP contribution in [0.15, 0.2) is 24.3 Å². The standard InChI is InChI=1S/C9H9F3O3S/c1-7-2-4-8(5-3-7)15-16(13)14-6-9(10,11)12/h2-5H,6H2,1H3. The van der Waals surface area contributed by atoms with Gasteiger partial charge in [0, 0.05) is 0 Å². The van der Waals surface area contributed by atoms with Crippen LogP contribution in [-0.2, 0) is 15.5 Å². The summed E-state index contributed by atoms with van der Waals surface area (Å²) < 4.78 is 54.6. The summed E-state index contributed by atoms with van der Waals surface area (Å²) in [6.07, 6.45) is -4.52. The quantitative estimate of drug-likeness (QED) is 0.828. The summed E-state index contributed by atoms with van der Waals surface area (Å²) in [5, 5.41) is 0. The lowest BCUT2D eigenvalue weighted by atomic mass is 10.2. The van der Waals surface area contributed by atoms with Gasteiger partial charge in [0.15, 0.2) is 6.61 Å². The van der Waals surface area contributed by atoms with Gasteiger partial charge in [0.25, 0.3) is 0 Å². The highest BCUT2D eigenvalue weighted by Crippen LogP contribution is 2.17. The maximum Gasteiger partial charge on any atom is 0.413 e. The van der Waals surface area contributed by atoms with Crippen molar-refractivity contribution in [2.24, 2.45) is 0 Å². The molecule has 1 atom stereocenters. The fraction of sp³-hybridized carbons (Fsp3) is 0.333. The number of alkyl halides is 3. The van der Waals surface area contributed by atoms with E-state index in [2.05, 4.69) is 8.37 Å². The smallest absolute Gasteiger partial charge is 0.380 e. The Hall–Kier alpha value is -1.08. The zero-order valence-corrected chi connectivity index (χ0v) is 9.10. The Morgan fingerprint density at radius 3 is 2.31 bits per heavy atom. The molecule has 0 aliphatic heterocycles. The molecule has 1 aromatic carbocycles. The largest absolute Gasteiger partial charge is 0.413 e. The van der Waals surface area contributed by atoms with E-state index in [1.807, 2.05) is 6.92 Å². The first kappa shape index (κ1) is 13.0. The first-order valence-electron chi connectivity index (χ1n) is 4.23. The number of benzene rings is 1. The van der Waals surface area contributed by atoms with Crippen molar-refractivity contribution in [1.29, 1.82) is 0 Å². The van der Waals surface area contributed by atoms with Gasteiger partial charge < -0.3 is 4.18 Å². The maximum atomic E-state index is 11.7. The van der Waals surface area contributed by atoms with E-state index in [1.54, 1.807) is 12.1 Å². The molecule has 0 heterocycles. The Kier molecular flexibility index (Phi) is 4.31. The van der Waals surface area contributed by atoms with E-state index >= 15 is 0 Å². The minimum Gasteiger partial charge on any atom is -0.380 e. The minimum atomic E-state index is -4.52. The van der Waals surface area contributed by atoms with Crippen LogP contribution < -0.4 is 4.18 Å². The number of aryl methyl sites for hydroxylation is 1. The van der Waals surface area contributed by atoms with Crippen molar-refractivity contribution in [2.75, 3.05) is 6.61 Å². The van der Waals surface area contributed by atoms with Crippen LogP contribution >= 0.6 is 0 Å². The van der Waals surface area contributed by atoms with Gasteiger partial charge in [0.2, 0.25) is 0 Å². The van der Waals surface area contributed by atoms with E-state index in [4.69, 9.17) is 0 Å². The van der Waals surface area contributed by atoms with Gasteiger partial charge in [-0.1, -0.05) is 17.7 Å². The number of halogens is 3. The average Bonchev–Trinajstić information content (AvgIpc) is 2.18. The van der Waals surface area contributed by atoms with E-state index in [1.165, 1.54) is 12.1 Å². The van der Waals surface area contributed by atoms with E-state index in [-0.39, 0.29) is 5.75 Å². The van der Waals surface area contributed by atoms with Crippen molar-refractivity contribution in [3.8, 4) is 5.75 Å². The predicted octanol–water partition coefficient (Wildman–Crippen LogP) is 2.53. The number of hydrogen-bond acceptors (Lipinski definition) is 3. The Morgan fingerprint density at radius 2 is 1.81 bits per heavy atom. The molecule has 0 amide bonds. The zero-order chi connectivity index (χ0) is 12.2. The van der Waals surface area contributed by atoms with Crippen molar-refractivity contribution in [3.05, 3.63) is 29.8 Å². The van der Waals surface area contributed by atoms with Crippen LogP contribution in [0.3, 0.4) is 0 Å². The van der Waals surface area contributed by atoms with Gasteiger partial charge >= 0.3 is 17.5 Å². The molecule has 16 heavy (non-hydrogen) atoms. The van der Waals surface area contributed by atoms with Crippen LogP contribution in [0.5, 0.6) is 5.75 Å². The molecule has 1 aromatic rings. The normalized spacial score (nSPS) is 13.5. The Morgan fingerprint density at radius 1 is 1.25 bits per heavy atom. The maximum absolute atomic E-state index is 11.7. The third-order valence-corrected chi connectivity index (χ3v) is 2.14. The molecule has 0 spiro atoms. The van der Waals surface area contributed by atoms with E-state index in [9.17, 15) is 17.4 Å². The van der Waals surface area contributed by atoms with Crippen molar-refractivity contribution in [2.45, 2.75) is 13.1 Å². The van der Waals surface area contributed by atoms with Crippen LogP contribution in [0.1, 0.15) is 5.56 Å². The molecule has 0 saturated heterocycles. The Bertz CT molecular complexity index is 361. The van der Waals surface area contributed by atoms with E-state index < -0.39 is 24.1 Å². The molecule has 0 aliphatic carbocycles. The highest BCUT2D eigenvalue weighted by molar-refractivity contribution is 7.75. The van der Waals surface area contributed by atoms with Crippen LogP contribution in [0.2, 0.25) is 0 Å². The highest BCUT2D eigenvalue weighted by Gasteiger charge is 2.29. The third kappa shape index (κ3) is 5.13. The number of rotatable bonds is 4. The molecule has 0 fully saturated rings. The topological polar surface area (TPSA) is 35.5 Å². The molecule has 0 N–H and O–H groups in total. The van der Waals surface area contributed by atoms with E-state index in [0.29, 0.717) is 0 Å². The summed E-state index contributed by atoms with van der Waals surface area (Å²) >= 11 is -2.44. The molecule has 0 saturated carbocycles. The monoisotopic (exact) mass is 254 g/mol. The summed E-state index contributed by atoms with van der Waals surface area (Å²) in [6, 6.07) is 6.33. The summed E-state index contributed by atoms with van der Waals surface area (Å²) in [6.45, 7) is 0.229. The summed E-state index contributed by atoms with van der Waals surface area (Å²) in [5.74, 6) is 0.186. The molecule has 0 aromatic heterocycles. The lowest BCUT2D eigenvalue weighted by Crippen LogP contribution is -2.19. The summed E-state index contributed by atoms with van der Waals surface area (Å²) in [5.41, 5.74) is 0.953. The summed E-state index contributed by atoms with van der Waals surface area (Å²) in [4.78, 5) is 0. The molecule has 3 nitrogen and oxygen atoms in total. The second-order valence-electron chi connectivity index (χ2n) is 2.98. The summed E-state index contributed by atoms with van der Waals surface area (Å²) in [7, 11) is 0. The third-order valence-electron chi connectivity index (χ3n) is 1.50. The van der Waals surface area contributed by atoms with Gasteiger partial charge in [-0.05, 0) is 19.1 Å².